The number of amides is 2. The second-order valence-corrected chi connectivity index (χ2v) is 10.4. The van der Waals surface area contributed by atoms with Gasteiger partial charge >= 0.3 is 0 Å². The highest BCUT2D eigenvalue weighted by molar-refractivity contribution is 7.99. The van der Waals surface area contributed by atoms with Crippen molar-refractivity contribution in [2.75, 3.05) is 18.8 Å². The molecule has 5 fully saturated rings. The second-order valence-electron chi connectivity index (χ2n) is 9.44. The maximum atomic E-state index is 12.5. The standard InChI is InChI=1S/C20H28N4O3S/c21-17(26)15-2-1-3-24(10-15)16(25)11-28-19-23-22-18(27-19)20-7-12-4-13(8-20)6-14(5-12)9-20/h12-15H,1-11H2,(H2,21,26)/t12?,13?,14?,15-,20?/m0/s1. The van der Waals surface area contributed by atoms with Gasteiger partial charge in [-0.2, -0.15) is 0 Å². The lowest BCUT2D eigenvalue weighted by Gasteiger charge is -2.55. The fraction of sp³-hybridized carbons (Fsp3) is 0.800. The summed E-state index contributed by atoms with van der Waals surface area (Å²) in [5.74, 6) is 3.00. The van der Waals surface area contributed by atoms with Gasteiger partial charge in [-0.25, -0.2) is 0 Å². The topological polar surface area (TPSA) is 102 Å². The van der Waals surface area contributed by atoms with Crippen molar-refractivity contribution < 1.29 is 14.0 Å². The third kappa shape index (κ3) is 3.33. The molecule has 4 saturated carbocycles. The van der Waals surface area contributed by atoms with E-state index in [1.54, 1.807) is 4.90 Å². The van der Waals surface area contributed by atoms with Gasteiger partial charge in [0.1, 0.15) is 0 Å². The summed E-state index contributed by atoms with van der Waals surface area (Å²) in [6.07, 6.45) is 9.29. The van der Waals surface area contributed by atoms with Gasteiger partial charge < -0.3 is 15.1 Å². The summed E-state index contributed by atoms with van der Waals surface area (Å²) in [5.41, 5.74) is 5.50. The first-order valence-corrected chi connectivity index (χ1v) is 11.5. The zero-order valence-corrected chi connectivity index (χ0v) is 17.0. The quantitative estimate of drug-likeness (QED) is 0.756. The number of nitrogens with zero attached hydrogens (tertiary/aromatic N) is 3. The van der Waals surface area contributed by atoms with Gasteiger partial charge in [-0.1, -0.05) is 11.8 Å². The molecule has 1 aromatic heterocycles. The minimum absolute atomic E-state index is 0.00510. The normalized spacial score (nSPS) is 36.6. The predicted molar refractivity (Wildman–Crippen MR) is 103 cm³/mol. The molecule has 1 aromatic rings. The number of piperidine rings is 1. The van der Waals surface area contributed by atoms with E-state index in [-0.39, 0.29) is 28.9 Å². The number of primary amides is 1. The first-order chi connectivity index (χ1) is 13.5. The van der Waals surface area contributed by atoms with E-state index in [0.29, 0.717) is 18.3 Å². The molecule has 8 heteroatoms. The lowest BCUT2D eigenvalue weighted by atomic mass is 9.49. The average Bonchev–Trinajstić information content (AvgIpc) is 3.15. The first kappa shape index (κ1) is 18.5. The summed E-state index contributed by atoms with van der Waals surface area (Å²) in [6, 6.07) is 0. The van der Waals surface area contributed by atoms with Crippen LogP contribution in [0.15, 0.2) is 9.64 Å². The van der Waals surface area contributed by atoms with Gasteiger partial charge in [0.2, 0.25) is 17.7 Å². The summed E-state index contributed by atoms with van der Waals surface area (Å²) in [5, 5.41) is 9.13. The van der Waals surface area contributed by atoms with Crippen LogP contribution < -0.4 is 5.73 Å². The van der Waals surface area contributed by atoms with Crippen LogP contribution in [0, 0.1) is 23.7 Å². The van der Waals surface area contributed by atoms with Crippen molar-refractivity contribution in [2.24, 2.45) is 29.4 Å². The molecule has 152 valence electrons. The largest absolute Gasteiger partial charge is 0.415 e. The van der Waals surface area contributed by atoms with Gasteiger partial charge in [0.25, 0.3) is 5.22 Å². The minimum atomic E-state index is -0.317. The molecule has 7 nitrogen and oxygen atoms in total. The lowest BCUT2D eigenvalue weighted by Crippen LogP contribution is -2.48. The van der Waals surface area contributed by atoms with E-state index in [9.17, 15) is 9.59 Å². The Balaban J connectivity index is 1.21. The molecule has 0 aromatic carbocycles. The number of carbonyl (C=O) groups excluding carboxylic acids is 2. The summed E-state index contributed by atoms with van der Waals surface area (Å²) < 4.78 is 6.06. The molecule has 2 N–H and O–H groups in total. The predicted octanol–water partition coefficient (Wildman–Crippen LogP) is 2.35. The van der Waals surface area contributed by atoms with Crippen molar-refractivity contribution >= 4 is 23.6 Å². The van der Waals surface area contributed by atoms with Crippen molar-refractivity contribution in [3.05, 3.63) is 5.89 Å². The summed E-state index contributed by atoms with van der Waals surface area (Å²) in [6.45, 7) is 1.11. The fourth-order valence-corrected chi connectivity index (χ4v) is 7.17. The maximum absolute atomic E-state index is 12.5. The molecular weight excluding hydrogens is 376 g/mol. The van der Waals surface area contributed by atoms with Crippen LogP contribution in [-0.2, 0) is 15.0 Å². The Kier molecular flexibility index (Phi) is 4.64. The van der Waals surface area contributed by atoms with E-state index >= 15 is 0 Å². The number of hydrogen-bond acceptors (Lipinski definition) is 6. The number of carbonyl (C=O) groups is 2. The Morgan fingerprint density at radius 3 is 2.46 bits per heavy atom. The highest BCUT2D eigenvalue weighted by Crippen LogP contribution is 2.60. The summed E-state index contributed by atoms with van der Waals surface area (Å²) in [4.78, 5) is 25.7. The zero-order chi connectivity index (χ0) is 19.3. The third-order valence-corrected chi connectivity index (χ3v) is 8.20. The van der Waals surface area contributed by atoms with Crippen LogP contribution >= 0.6 is 11.8 Å². The molecule has 1 atom stereocenters. The molecule has 6 rings (SSSR count). The van der Waals surface area contributed by atoms with Crippen LogP contribution in [-0.4, -0.2) is 45.8 Å². The van der Waals surface area contributed by atoms with Gasteiger partial charge in [0.05, 0.1) is 11.7 Å². The molecule has 2 heterocycles. The van der Waals surface area contributed by atoms with Crippen molar-refractivity contribution in [1.29, 1.82) is 0 Å². The van der Waals surface area contributed by atoms with E-state index in [2.05, 4.69) is 10.2 Å². The molecule has 28 heavy (non-hydrogen) atoms. The van der Waals surface area contributed by atoms with Crippen molar-refractivity contribution in [3.63, 3.8) is 0 Å². The number of aromatic nitrogens is 2. The zero-order valence-electron chi connectivity index (χ0n) is 16.1. The Labute approximate surface area is 169 Å². The number of hydrogen-bond donors (Lipinski definition) is 1. The molecule has 4 bridgehead atoms. The summed E-state index contributed by atoms with van der Waals surface area (Å²) in [7, 11) is 0. The molecule has 0 unspecified atom stereocenters. The van der Waals surface area contributed by atoms with Gasteiger partial charge in [-0.05, 0) is 69.1 Å². The van der Waals surface area contributed by atoms with E-state index in [0.717, 1.165) is 36.5 Å². The van der Waals surface area contributed by atoms with E-state index < -0.39 is 0 Å². The lowest BCUT2D eigenvalue weighted by molar-refractivity contribution is -0.132. The van der Waals surface area contributed by atoms with Gasteiger partial charge in [-0.15, -0.1) is 10.2 Å². The smallest absolute Gasteiger partial charge is 0.277 e. The Morgan fingerprint density at radius 1 is 1.14 bits per heavy atom. The van der Waals surface area contributed by atoms with E-state index in [1.807, 2.05) is 0 Å². The van der Waals surface area contributed by atoms with Crippen LogP contribution in [0.3, 0.4) is 0 Å². The molecule has 4 aliphatic carbocycles. The second kappa shape index (κ2) is 7.04. The first-order valence-electron chi connectivity index (χ1n) is 10.5. The van der Waals surface area contributed by atoms with E-state index in [4.69, 9.17) is 10.2 Å². The molecule has 0 spiro atoms. The molecule has 1 aliphatic heterocycles. The molecule has 0 radical (unpaired) electrons. The fourth-order valence-electron chi connectivity index (χ4n) is 6.51. The molecule has 1 saturated heterocycles. The average molecular weight is 405 g/mol. The highest BCUT2D eigenvalue weighted by Gasteiger charge is 2.54. The van der Waals surface area contributed by atoms with Crippen LogP contribution in [0.4, 0.5) is 0 Å². The van der Waals surface area contributed by atoms with Crippen LogP contribution in [0.5, 0.6) is 0 Å². The van der Waals surface area contributed by atoms with Crippen molar-refractivity contribution in [1.82, 2.24) is 15.1 Å². The number of nitrogens with two attached hydrogens (primary N) is 1. The molecule has 5 aliphatic rings. The van der Waals surface area contributed by atoms with Crippen LogP contribution in [0.1, 0.15) is 57.3 Å². The monoisotopic (exact) mass is 404 g/mol. The number of thioether (sulfide) groups is 1. The SMILES string of the molecule is NC(=O)[C@H]1CCCN(C(=O)CSc2nnc(C34CC5CC(CC(C5)C3)C4)o2)C1. The maximum Gasteiger partial charge on any atom is 0.277 e. The number of rotatable bonds is 5. The van der Waals surface area contributed by atoms with Crippen LogP contribution in [0.25, 0.3) is 0 Å². The molecule has 2 amide bonds. The van der Waals surface area contributed by atoms with Crippen LogP contribution in [0.2, 0.25) is 0 Å². The minimum Gasteiger partial charge on any atom is -0.415 e. The highest BCUT2D eigenvalue weighted by atomic mass is 32.2. The Morgan fingerprint density at radius 2 is 1.82 bits per heavy atom. The van der Waals surface area contributed by atoms with Crippen molar-refractivity contribution in [2.45, 2.75) is 62.0 Å². The van der Waals surface area contributed by atoms with Gasteiger partial charge in [0.15, 0.2) is 0 Å². The van der Waals surface area contributed by atoms with Gasteiger partial charge in [-0.3, -0.25) is 9.59 Å². The van der Waals surface area contributed by atoms with Gasteiger partial charge in [0, 0.05) is 18.5 Å². The van der Waals surface area contributed by atoms with E-state index in [1.165, 1.54) is 50.3 Å². The number of likely N-dealkylation sites (tertiary alicyclic amines) is 1. The Bertz CT molecular complexity index is 744. The Hall–Kier alpha value is -1.57. The molecular formula is C20H28N4O3S. The third-order valence-electron chi connectivity index (χ3n) is 7.39. The van der Waals surface area contributed by atoms with Crippen molar-refractivity contribution in [3.8, 4) is 0 Å². The summed E-state index contributed by atoms with van der Waals surface area (Å²) >= 11 is 1.31.